The van der Waals surface area contributed by atoms with Gasteiger partial charge in [-0.3, -0.25) is 0 Å². The quantitative estimate of drug-likeness (QED) is 0.653. The zero-order chi connectivity index (χ0) is 9.68. The van der Waals surface area contributed by atoms with Crippen LogP contribution in [0.4, 0.5) is 4.79 Å². The highest BCUT2D eigenvalue weighted by atomic mass is 16.4. The van der Waals surface area contributed by atoms with Crippen LogP contribution in [0.25, 0.3) is 0 Å². The van der Waals surface area contributed by atoms with Crippen LogP contribution in [0.3, 0.4) is 0 Å². The Bertz CT molecular complexity index is 185. The minimum absolute atomic E-state index is 0.0976. The predicted octanol–water partition coefficient (Wildman–Crippen LogP) is 1.40. The first-order chi connectivity index (χ1) is 6.22. The van der Waals surface area contributed by atoms with E-state index in [9.17, 15) is 9.59 Å². The molecule has 13 heavy (non-hydrogen) atoms. The molecule has 1 aliphatic carbocycles. The molecule has 0 atom stereocenters. The molecular formula is C9H15NO3. The van der Waals surface area contributed by atoms with Gasteiger partial charge in [-0.25, -0.2) is 4.79 Å². The maximum Gasteiger partial charge on any atom is 0.404 e. The fourth-order valence-electron chi connectivity index (χ4n) is 1.85. The molecule has 0 radical (unpaired) electrons. The molecule has 0 unspecified atom stereocenters. The van der Waals surface area contributed by atoms with E-state index in [2.05, 4.69) is 5.32 Å². The van der Waals surface area contributed by atoms with Crippen LogP contribution in [0.2, 0.25) is 0 Å². The number of carbonyl (C=O) groups excluding carboxylic acids is 1. The first-order valence-corrected chi connectivity index (χ1v) is 4.65. The second-order valence-electron chi connectivity index (χ2n) is 3.57. The van der Waals surface area contributed by atoms with Gasteiger partial charge >= 0.3 is 6.09 Å². The van der Waals surface area contributed by atoms with Gasteiger partial charge in [0.15, 0.2) is 0 Å². The van der Waals surface area contributed by atoms with Gasteiger partial charge in [0.25, 0.3) is 0 Å². The maximum atomic E-state index is 10.3. The molecule has 4 heteroatoms. The highest BCUT2D eigenvalue weighted by Crippen LogP contribution is 2.25. The zero-order valence-corrected chi connectivity index (χ0v) is 7.53. The Morgan fingerprint density at radius 3 is 2.46 bits per heavy atom. The molecule has 0 aliphatic heterocycles. The van der Waals surface area contributed by atoms with Gasteiger partial charge < -0.3 is 15.2 Å². The molecule has 74 valence electrons. The molecule has 0 spiro atoms. The summed E-state index contributed by atoms with van der Waals surface area (Å²) in [7, 11) is 0. The summed E-state index contributed by atoms with van der Waals surface area (Å²) in [6.07, 6.45) is 4.29. The molecule has 0 aromatic heterocycles. The van der Waals surface area contributed by atoms with Crippen LogP contribution >= 0.6 is 0 Å². The second-order valence-corrected chi connectivity index (χ2v) is 3.57. The topological polar surface area (TPSA) is 66.4 Å². The lowest BCUT2D eigenvalue weighted by molar-refractivity contribution is -0.108. The summed E-state index contributed by atoms with van der Waals surface area (Å²) in [5.41, 5.74) is 0. The average molecular weight is 185 g/mol. The van der Waals surface area contributed by atoms with Crippen molar-refractivity contribution in [2.75, 3.05) is 0 Å². The number of nitrogens with one attached hydrogen (secondary N) is 1. The Labute approximate surface area is 77.3 Å². The van der Waals surface area contributed by atoms with Gasteiger partial charge in [-0.15, -0.1) is 0 Å². The fraction of sp³-hybridized carbons (Fsp3) is 0.778. The van der Waals surface area contributed by atoms with Crippen molar-refractivity contribution in [1.82, 2.24) is 5.32 Å². The molecule has 2 N–H and O–H groups in total. The van der Waals surface area contributed by atoms with E-state index < -0.39 is 6.09 Å². The van der Waals surface area contributed by atoms with Gasteiger partial charge in [0.2, 0.25) is 0 Å². The molecule has 1 rings (SSSR count). The third-order valence-electron chi connectivity index (χ3n) is 2.60. The number of amides is 1. The SMILES string of the molecule is O=CC[C@H]1CC[C@H](NC(=O)O)CC1. The predicted molar refractivity (Wildman–Crippen MR) is 47.6 cm³/mol. The smallest absolute Gasteiger partial charge is 0.404 e. The lowest BCUT2D eigenvalue weighted by Gasteiger charge is -2.26. The fourth-order valence-corrected chi connectivity index (χ4v) is 1.85. The number of carbonyl (C=O) groups is 2. The number of rotatable bonds is 3. The molecule has 0 bridgehead atoms. The summed E-state index contributed by atoms with van der Waals surface area (Å²) in [6.45, 7) is 0. The average Bonchev–Trinajstić information content (AvgIpc) is 2.08. The van der Waals surface area contributed by atoms with Crippen LogP contribution in [-0.4, -0.2) is 23.5 Å². The number of aldehydes is 1. The Morgan fingerprint density at radius 2 is 2.00 bits per heavy atom. The van der Waals surface area contributed by atoms with Crippen LogP contribution in [0.1, 0.15) is 32.1 Å². The van der Waals surface area contributed by atoms with E-state index >= 15 is 0 Å². The van der Waals surface area contributed by atoms with E-state index in [1.807, 2.05) is 0 Å². The van der Waals surface area contributed by atoms with Crippen LogP contribution in [-0.2, 0) is 4.79 Å². The van der Waals surface area contributed by atoms with Crippen LogP contribution in [0.15, 0.2) is 0 Å². The molecule has 4 nitrogen and oxygen atoms in total. The van der Waals surface area contributed by atoms with Crippen molar-refractivity contribution in [3.8, 4) is 0 Å². The summed E-state index contributed by atoms with van der Waals surface area (Å²) in [5.74, 6) is 0.476. The van der Waals surface area contributed by atoms with Crippen molar-refractivity contribution in [3.05, 3.63) is 0 Å². The molecule has 1 aliphatic rings. The van der Waals surface area contributed by atoms with E-state index in [0.717, 1.165) is 32.0 Å². The van der Waals surface area contributed by atoms with Gasteiger partial charge in [-0.2, -0.15) is 0 Å². The Morgan fingerprint density at radius 1 is 1.38 bits per heavy atom. The molecule has 0 saturated heterocycles. The van der Waals surface area contributed by atoms with Gasteiger partial charge in [0.05, 0.1) is 0 Å². The first-order valence-electron chi connectivity index (χ1n) is 4.65. The van der Waals surface area contributed by atoms with Gasteiger partial charge in [0, 0.05) is 12.5 Å². The van der Waals surface area contributed by atoms with E-state index in [0.29, 0.717) is 12.3 Å². The maximum absolute atomic E-state index is 10.3. The molecule has 1 fully saturated rings. The van der Waals surface area contributed by atoms with Crippen LogP contribution in [0.5, 0.6) is 0 Å². The van der Waals surface area contributed by atoms with Crippen molar-refractivity contribution in [2.24, 2.45) is 5.92 Å². The van der Waals surface area contributed by atoms with Crippen molar-refractivity contribution >= 4 is 12.4 Å². The van der Waals surface area contributed by atoms with Crippen molar-refractivity contribution in [1.29, 1.82) is 0 Å². The molecule has 1 amide bonds. The molecular weight excluding hydrogens is 170 g/mol. The Hall–Kier alpha value is -1.06. The van der Waals surface area contributed by atoms with E-state index in [1.165, 1.54) is 0 Å². The molecule has 0 aromatic carbocycles. The number of hydrogen-bond donors (Lipinski definition) is 2. The Kier molecular flexibility index (Phi) is 3.73. The number of hydrogen-bond acceptors (Lipinski definition) is 2. The van der Waals surface area contributed by atoms with Crippen molar-refractivity contribution < 1.29 is 14.7 Å². The third kappa shape index (κ3) is 3.44. The highest BCUT2D eigenvalue weighted by molar-refractivity contribution is 5.64. The first kappa shape index (κ1) is 10.0. The summed E-state index contributed by atoms with van der Waals surface area (Å²) < 4.78 is 0. The minimum Gasteiger partial charge on any atom is -0.465 e. The van der Waals surface area contributed by atoms with E-state index in [1.54, 1.807) is 0 Å². The monoisotopic (exact) mass is 185 g/mol. The lowest BCUT2D eigenvalue weighted by Crippen LogP contribution is -2.36. The summed E-state index contributed by atoms with van der Waals surface area (Å²) in [4.78, 5) is 20.5. The number of carboxylic acid groups (broad SMARTS) is 1. The molecule has 0 aromatic rings. The van der Waals surface area contributed by atoms with E-state index in [-0.39, 0.29) is 6.04 Å². The Balaban J connectivity index is 2.22. The zero-order valence-electron chi connectivity index (χ0n) is 7.53. The van der Waals surface area contributed by atoms with Crippen molar-refractivity contribution in [2.45, 2.75) is 38.1 Å². The van der Waals surface area contributed by atoms with Gasteiger partial charge in [-0.1, -0.05) is 0 Å². The molecule has 1 saturated carbocycles. The summed E-state index contributed by atoms with van der Waals surface area (Å²) in [6, 6.07) is 0.0976. The second kappa shape index (κ2) is 4.84. The summed E-state index contributed by atoms with van der Waals surface area (Å²) in [5, 5.41) is 10.9. The normalized spacial score (nSPS) is 28.0. The van der Waals surface area contributed by atoms with Gasteiger partial charge in [0.1, 0.15) is 6.29 Å². The minimum atomic E-state index is -0.946. The lowest BCUT2D eigenvalue weighted by atomic mass is 9.84. The third-order valence-corrected chi connectivity index (χ3v) is 2.60. The largest absolute Gasteiger partial charge is 0.465 e. The highest BCUT2D eigenvalue weighted by Gasteiger charge is 2.21. The van der Waals surface area contributed by atoms with Crippen LogP contribution in [0, 0.1) is 5.92 Å². The van der Waals surface area contributed by atoms with Gasteiger partial charge in [-0.05, 0) is 31.6 Å². The standard InChI is InChI=1S/C9H15NO3/c11-6-5-7-1-3-8(4-2-7)10-9(12)13/h6-8,10H,1-5H2,(H,12,13)/t7-,8-. The molecule has 0 heterocycles. The summed E-state index contributed by atoms with van der Waals surface area (Å²) >= 11 is 0. The van der Waals surface area contributed by atoms with Crippen LogP contribution < -0.4 is 5.32 Å². The van der Waals surface area contributed by atoms with Crippen molar-refractivity contribution in [3.63, 3.8) is 0 Å². The van der Waals surface area contributed by atoms with E-state index in [4.69, 9.17) is 5.11 Å².